The molecule has 134 valence electrons. The molecule has 5 nitrogen and oxygen atoms in total. The largest absolute Gasteiger partial charge is 0.491 e. The normalized spacial score (nSPS) is 12.6. The number of aromatic nitrogens is 2. The summed E-state index contributed by atoms with van der Waals surface area (Å²) >= 11 is 3.39. The van der Waals surface area contributed by atoms with Crippen LogP contribution in [0.3, 0.4) is 0 Å². The fourth-order valence-electron chi connectivity index (χ4n) is 2.47. The predicted molar refractivity (Wildman–Crippen MR) is 108 cm³/mol. The van der Waals surface area contributed by atoms with E-state index in [9.17, 15) is 4.79 Å². The zero-order chi connectivity index (χ0) is 18.7. The molecular weight excluding hydrogens is 394 g/mol. The van der Waals surface area contributed by atoms with Gasteiger partial charge >= 0.3 is 0 Å². The van der Waals surface area contributed by atoms with Crippen molar-refractivity contribution in [3.8, 4) is 5.75 Å². The lowest BCUT2D eigenvalue weighted by Crippen LogP contribution is -2.20. The highest BCUT2D eigenvalue weighted by Crippen LogP contribution is 2.16. The first-order chi connectivity index (χ1) is 12.5. The second kappa shape index (κ2) is 7.83. The number of aryl methyl sites for hydroxylation is 1. The van der Waals surface area contributed by atoms with Crippen LogP contribution < -0.4 is 10.3 Å². The third-order valence-electron chi connectivity index (χ3n) is 4.08. The van der Waals surface area contributed by atoms with E-state index in [-0.39, 0.29) is 11.7 Å². The average molecular weight is 414 g/mol. The van der Waals surface area contributed by atoms with Crippen LogP contribution in [0.25, 0.3) is 10.9 Å². The molecule has 0 spiro atoms. The summed E-state index contributed by atoms with van der Waals surface area (Å²) in [6.45, 7) is 5.89. The topological polar surface area (TPSA) is 56.5 Å². The van der Waals surface area contributed by atoms with Crippen LogP contribution in [0.5, 0.6) is 5.75 Å². The van der Waals surface area contributed by atoms with Crippen molar-refractivity contribution < 1.29 is 4.74 Å². The molecule has 0 aliphatic rings. The van der Waals surface area contributed by atoms with Gasteiger partial charge in [-0.15, -0.1) is 0 Å². The summed E-state index contributed by atoms with van der Waals surface area (Å²) < 4.78 is 7.92. The Hall–Kier alpha value is -2.47. The number of benzene rings is 2. The van der Waals surface area contributed by atoms with Crippen molar-refractivity contribution in [3.05, 3.63) is 68.7 Å². The molecule has 0 unspecified atom stereocenters. The monoisotopic (exact) mass is 413 g/mol. The summed E-state index contributed by atoms with van der Waals surface area (Å²) in [6, 6.07) is 13.1. The number of nitrogens with zero attached hydrogens (tertiary/aromatic N) is 3. The number of rotatable bonds is 5. The number of halogens is 1. The van der Waals surface area contributed by atoms with Crippen molar-refractivity contribution in [2.45, 2.75) is 33.3 Å². The van der Waals surface area contributed by atoms with Gasteiger partial charge in [0.15, 0.2) is 0 Å². The highest BCUT2D eigenvalue weighted by molar-refractivity contribution is 9.10. The van der Waals surface area contributed by atoms with Gasteiger partial charge in [0.05, 0.1) is 23.2 Å². The van der Waals surface area contributed by atoms with Crippen molar-refractivity contribution in [2.75, 3.05) is 0 Å². The Labute approximate surface area is 160 Å². The third-order valence-corrected chi connectivity index (χ3v) is 4.58. The summed E-state index contributed by atoms with van der Waals surface area (Å²) in [7, 11) is 0. The van der Waals surface area contributed by atoms with Crippen LogP contribution in [0.15, 0.2) is 56.8 Å². The molecule has 2 aromatic carbocycles. The molecule has 3 rings (SSSR count). The van der Waals surface area contributed by atoms with Crippen molar-refractivity contribution >= 4 is 33.0 Å². The van der Waals surface area contributed by atoms with Gasteiger partial charge in [0.25, 0.3) is 5.56 Å². The van der Waals surface area contributed by atoms with Gasteiger partial charge in [-0.05, 0) is 68.3 Å². The van der Waals surface area contributed by atoms with Crippen molar-refractivity contribution in [1.29, 1.82) is 0 Å². The Kier molecular flexibility index (Phi) is 5.52. The molecule has 0 radical (unpaired) electrons. The van der Waals surface area contributed by atoms with Gasteiger partial charge < -0.3 is 4.74 Å². The van der Waals surface area contributed by atoms with Gasteiger partial charge in [-0.1, -0.05) is 22.9 Å². The lowest BCUT2D eigenvalue weighted by molar-refractivity contribution is 0.217. The van der Waals surface area contributed by atoms with Gasteiger partial charge in [-0.25, -0.2) is 4.98 Å². The Morgan fingerprint density at radius 1 is 1.27 bits per heavy atom. The van der Waals surface area contributed by atoms with Crippen LogP contribution in [0, 0.1) is 6.92 Å². The molecule has 0 N–H and O–H groups in total. The molecule has 0 bridgehead atoms. The van der Waals surface area contributed by atoms with E-state index in [1.807, 2.05) is 43.3 Å². The van der Waals surface area contributed by atoms with Crippen LogP contribution in [0.4, 0.5) is 0 Å². The smallest absolute Gasteiger partial charge is 0.282 e. The highest BCUT2D eigenvalue weighted by Gasteiger charge is 2.07. The van der Waals surface area contributed by atoms with Crippen LogP contribution in [0.2, 0.25) is 0 Å². The molecule has 0 amide bonds. The lowest BCUT2D eigenvalue weighted by Gasteiger charge is -2.12. The van der Waals surface area contributed by atoms with Gasteiger partial charge in [0, 0.05) is 4.47 Å². The second-order valence-electron chi connectivity index (χ2n) is 6.09. The summed E-state index contributed by atoms with van der Waals surface area (Å²) in [5.41, 5.74) is 1.35. The number of ether oxygens (including phenoxy) is 1. The molecule has 0 saturated heterocycles. The maximum atomic E-state index is 12.7. The Bertz CT molecular complexity index is 1010. The zero-order valence-corrected chi connectivity index (χ0v) is 16.5. The standard InChI is InChI=1S/C20H20BrN3O2/c1-4-13(2)26-17-8-5-15(6-9-17)12-22-24-14(3)23-19-10-7-16(21)11-18(19)20(24)25/h5-13H,4H2,1-3H3/t13-/m1/s1. The Morgan fingerprint density at radius 2 is 2.00 bits per heavy atom. The van der Waals surface area contributed by atoms with E-state index in [1.54, 1.807) is 19.2 Å². The SMILES string of the molecule is CC[C@@H](C)Oc1ccc(C=Nn2c(C)nc3ccc(Br)cc3c2=O)cc1. The quantitative estimate of drug-likeness (QED) is 0.577. The minimum atomic E-state index is -0.193. The van der Waals surface area contributed by atoms with Crippen LogP contribution in [-0.4, -0.2) is 22.0 Å². The van der Waals surface area contributed by atoms with Crippen molar-refractivity contribution in [1.82, 2.24) is 9.66 Å². The first-order valence-corrected chi connectivity index (χ1v) is 9.27. The minimum Gasteiger partial charge on any atom is -0.491 e. The Balaban J connectivity index is 1.89. The van der Waals surface area contributed by atoms with E-state index in [4.69, 9.17) is 4.74 Å². The van der Waals surface area contributed by atoms with Crippen LogP contribution >= 0.6 is 15.9 Å². The maximum Gasteiger partial charge on any atom is 0.282 e. The highest BCUT2D eigenvalue weighted by atomic mass is 79.9. The molecular formula is C20H20BrN3O2. The van der Waals surface area contributed by atoms with E-state index >= 15 is 0 Å². The Morgan fingerprint density at radius 3 is 2.69 bits per heavy atom. The average Bonchev–Trinajstić information content (AvgIpc) is 2.63. The fraction of sp³-hybridized carbons (Fsp3) is 0.250. The molecule has 0 fully saturated rings. The molecule has 0 saturated carbocycles. The third kappa shape index (κ3) is 4.02. The second-order valence-corrected chi connectivity index (χ2v) is 7.00. The molecule has 0 aliphatic heterocycles. The van der Waals surface area contributed by atoms with Gasteiger partial charge in [0.1, 0.15) is 11.6 Å². The van der Waals surface area contributed by atoms with E-state index in [1.165, 1.54) is 4.68 Å². The van der Waals surface area contributed by atoms with E-state index in [2.05, 4.69) is 32.9 Å². The molecule has 3 aromatic rings. The zero-order valence-electron chi connectivity index (χ0n) is 14.9. The minimum absolute atomic E-state index is 0.179. The molecule has 0 aliphatic carbocycles. The maximum absolute atomic E-state index is 12.7. The first kappa shape index (κ1) is 18.3. The van der Waals surface area contributed by atoms with E-state index in [0.29, 0.717) is 16.7 Å². The van der Waals surface area contributed by atoms with Gasteiger partial charge in [-0.2, -0.15) is 9.78 Å². The predicted octanol–water partition coefficient (Wildman–Crippen LogP) is 4.53. The summed E-state index contributed by atoms with van der Waals surface area (Å²) in [6.07, 6.45) is 2.78. The van der Waals surface area contributed by atoms with E-state index in [0.717, 1.165) is 22.2 Å². The summed E-state index contributed by atoms with van der Waals surface area (Å²) in [5.74, 6) is 1.36. The molecule has 1 heterocycles. The van der Waals surface area contributed by atoms with Crippen LogP contribution in [-0.2, 0) is 0 Å². The van der Waals surface area contributed by atoms with E-state index < -0.39 is 0 Å². The van der Waals surface area contributed by atoms with Crippen LogP contribution in [0.1, 0.15) is 31.7 Å². The fourth-order valence-corrected chi connectivity index (χ4v) is 2.83. The van der Waals surface area contributed by atoms with Crippen molar-refractivity contribution in [3.63, 3.8) is 0 Å². The van der Waals surface area contributed by atoms with Crippen molar-refractivity contribution in [2.24, 2.45) is 5.10 Å². The summed E-state index contributed by atoms with van der Waals surface area (Å²) in [5, 5.41) is 4.85. The van der Waals surface area contributed by atoms with Gasteiger partial charge in [0.2, 0.25) is 0 Å². The molecule has 6 heteroatoms. The summed E-state index contributed by atoms with van der Waals surface area (Å²) in [4.78, 5) is 17.2. The molecule has 1 atom stereocenters. The first-order valence-electron chi connectivity index (χ1n) is 8.48. The number of hydrogen-bond donors (Lipinski definition) is 0. The number of hydrogen-bond acceptors (Lipinski definition) is 4. The lowest BCUT2D eigenvalue weighted by atomic mass is 10.2. The molecule has 26 heavy (non-hydrogen) atoms. The number of fused-ring (bicyclic) bond motifs is 1. The van der Waals surface area contributed by atoms with Gasteiger partial charge in [-0.3, -0.25) is 4.79 Å². The molecule has 1 aromatic heterocycles.